The minimum atomic E-state index is 0.444. The zero-order valence-electron chi connectivity index (χ0n) is 7.69. The lowest BCUT2D eigenvalue weighted by molar-refractivity contribution is 0.648. The van der Waals surface area contributed by atoms with Gasteiger partial charge in [-0.05, 0) is 60.7 Å². The zero-order chi connectivity index (χ0) is 9.14. The predicted octanol–water partition coefficient (Wildman–Crippen LogP) is 2.88. The van der Waals surface area contributed by atoms with Crippen LogP contribution in [0.3, 0.4) is 0 Å². The van der Waals surface area contributed by atoms with Crippen LogP contribution in [0, 0.1) is 10.5 Å². The lowest BCUT2D eigenvalue weighted by atomic mass is 10.0. The first kappa shape index (κ1) is 9.99. The van der Waals surface area contributed by atoms with Crippen LogP contribution in [0.4, 0.5) is 0 Å². The van der Waals surface area contributed by atoms with Crippen molar-refractivity contribution in [3.63, 3.8) is 0 Å². The first-order valence-electron chi connectivity index (χ1n) is 4.09. The standard InChI is InChI=1S/C10H14IN/c1-7-9(8(2)12-3)5-4-6-10(7)11/h4-6,8,12H,1-3H3/t8-/m1/s1. The van der Waals surface area contributed by atoms with Crippen LogP contribution in [0.2, 0.25) is 0 Å². The van der Waals surface area contributed by atoms with Crippen LogP contribution in [0.15, 0.2) is 18.2 Å². The summed E-state index contributed by atoms with van der Waals surface area (Å²) >= 11 is 2.37. The molecular weight excluding hydrogens is 261 g/mol. The van der Waals surface area contributed by atoms with Crippen molar-refractivity contribution in [3.8, 4) is 0 Å². The normalized spacial score (nSPS) is 13.0. The van der Waals surface area contributed by atoms with Crippen molar-refractivity contribution in [2.24, 2.45) is 0 Å². The monoisotopic (exact) mass is 275 g/mol. The van der Waals surface area contributed by atoms with Crippen molar-refractivity contribution in [1.29, 1.82) is 0 Å². The van der Waals surface area contributed by atoms with Gasteiger partial charge in [-0.2, -0.15) is 0 Å². The fourth-order valence-electron chi connectivity index (χ4n) is 1.25. The summed E-state index contributed by atoms with van der Waals surface area (Å²) in [5, 5.41) is 3.25. The fraction of sp³-hybridized carbons (Fsp3) is 0.400. The molecule has 0 amide bonds. The van der Waals surface area contributed by atoms with Gasteiger partial charge in [-0.25, -0.2) is 0 Å². The van der Waals surface area contributed by atoms with Crippen molar-refractivity contribution in [1.82, 2.24) is 5.32 Å². The Balaban J connectivity index is 3.07. The number of rotatable bonds is 2. The van der Waals surface area contributed by atoms with Crippen molar-refractivity contribution < 1.29 is 0 Å². The van der Waals surface area contributed by atoms with Gasteiger partial charge in [0.25, 0.3) is 0 Å². The Morgan fingerprint density at radius 2 is 2.08 bits per heavy atom. The van der Waals surface area contributed by atoms with Gasteiger partial charge in [-0.1, -0.05) is 12.1 Å². The topological polar surface area (TPSA) is 12.0 Å². The molecule has 1 aromatic rings. The largest absolute Gasteiger partial charge is 0.313 e. The summed E-state index contributed by atoms with van der Waals surface area (Å²) in [6, 6.07) is 6.87. The van der Waals surface area contributed by atoms with Crippen LogP contribution in [-0.4, -0.2) is 7.05 Å². The molecule has 0 heterocycles. The second-order valence-electron chi connectivity index (χ2n) is 2.96. The maximum absolute atomic E-state index is 3.25. The van der Waals surface area contributed by atoms with Gasteiger partial charge in [0.1, 0.15) is 0 Å². The third kappa shape index (κ3) is 1.98. The van der Waals surface area contributed by atoms with Crippen LogP contribution < -0.4 is 5.32 Å². The van der Waals surface area contributed by atoms with Crippen LogP contribution in [0.1, 0.15) is 24.1 Å². The van der Waals surface area contributed by atoms with E-state index in [0.29, 0.717) is 6.04 Å². The van der Waals surface area contributed by atoms with E-state index in [9.17, 15) is 0 Å². The maximum atomic E-state index is 3.25. The Labute approximate surface area is 87.7 Å². The highest BCUT2D eigenvalue weighted by atomic mass is 127. The van der Waals surface area contributed by atoms with E-state index in [4.69, 9.17) is 0 Å². The second kappa shape index (κ2) is 4.23. The van der Waals surface area contributed by atoms with E-state index < -0.39 is 0 Å². The molecule has 0 saturated carbocycles. The van der Waals surface area contributed by atoms with Gasteiger partial charge in [0, 0.05) is 9.61 Å². The van der Waals surface area contributed by atoms with Crippen molar-refractivity contribution in [3.05, 3.63) is 32.9 Å². The number of benzene rings is 1. The molecule has 0 radical (unpaired) electrons. The Hall–Kier alpha value is -0.0900. The highest BCUT2D eigenvalue weighted by molar-refractivity contribution is 14.1. The molecule has 1 aromatic carbocycles. The summed E-state index contributed by atoms with van der Waals surface area (Å²) in [5.74, 6) is 0. The summed E-state index contributed by atoms with van der Waals surface area (Å²) < 4.78 is 1.34. The first-order valence-corrected chi connectivity index (χ1v) is 5.17. The molecule has 0 unspecified atom stereocenters. The summed E-state index contributed by atoms with van der Waals surface area (Å²) in [6.07, 6.45) is 0. The average molecular weight is 275 g/mol. The van der Waals surface area contributed by atoms with E-state index in [0.717, 1.165) is 0 Å². The SMILES string of the molecule is CN[C@H](C)c1cccc(I)c1C. The summed E-state index contributed by atoms with van der Waals surface area (Å²) in [6.45, 7) is 4.35. The van der Waals surface area contributed by atoms with Gasteiger partial charge in [0.15, 0.2) is 0 Å². The molecule has 1 N–H and O–H groups in total. The molecular formula is C10H14IN. The van der Waals surface area contributed by atoms with E-state index >= 15 is 0 Å². The summed E-state index contributed by atoms with van der Waals surface area (Å²) in [7, 11) is 1.99. The molecule has 0 bridgehead atoms. The molecule has 0 aliphatic heterocycles. The molecule has 1 nitrogen and oxygen atoms in total. The molecule has 0 aliphatic carbocycles. The number of nitrogens with one attached hydrogen (secondary N) is 1. The predicted molar refractivity (Wildman–Crippen MR) is 61.4 cm³/mol. The molecule has 1 atom stereocenters. The number of hydrogen-bond acceptors (Lipinski definition) is 1. The minimum absolute atomic E-state index is 0.444. The van der Waals surface area contributed by atoms with E-state index in [2.05, 4.69) is 60.0 Å². The second-order valence-corrected chi connectivity index (χ2v) is 4.13. The van der Waals surface area contributed by atoms with Crippen molar-refractivity contribution >= 4 is 22.6 Å². The van der Waals surface area contributed by atoms with Crippen LogP contribution in [0.5, 0.6) is 0 Å². The molecule has 2 heteroatoms. The van der Waals surface area contributed by atoms with Gasteiger partial charge in [-0.15, -0.1) is 0 Å². The molecule has 1 rings (SSSR count). The smallest absolute Gasteiger partial charge is 0.0292 e. The Bertz CT molecular complexity index is 271. The van der Waals surface area contributed by atoms with Crippen molar-refractivity contribution in [2.45, 2.75) is 19.9 Å². The molecule has 0 fully saturated rings. The van der Waals surface area contributed by atoms with Gasteiger partial charge in [-0.3, -0.25) is 0 Å². The minimum Gasteiger partial charge on any atom is -0.313 e. The van der Waals surface area contributed by atoms with E-state index in [-0.39, 0.29) is 0 Å². The fourth-order valence-corrected chi connectivity index (χ4v) is 1.77. The first-order chi connectivity index (χ1) is 5.66. The van der Waals surface area contributed by atoms with E-state index in [1.807, 2.05) is 7.05 Å². The molecule has 66 valence electrons. The van der Waals surface area contributed by atoms with E-state index in [1.54, 1.807) is 0 Å². The van der Waals surface area contributed by atoms with Gasteiger partial charge >= 0.3 is 0 Å². The third-order valence-electron chi connectivity index (χ3n) is 2.21. The highest BCUT2D eigenvalue weighted by Crippen LogP contribution is 2.21. The zero-order valence-corrected chi connectivity index (χ0v) is 9.84. The van der Waals surface area contributed by atoms with Crippen LogP contribution in [-0.2, 0) is 0 Å². The van der Waals surface area contributed by atoms with E-state index in [1.165, 1.54) is 14.7 Å². The molecule has 0 spiro atoms. The Kier molecular flexibility index (Phi) is 3.53. The van der Waals surface area contributed by atoms with Crippen LogP contribution >= 0.6 is 22.6 Å². The number of hydrogen-bond donors (Lipinski definition) is 1. The van der Waals surface area contributed by atoms with Gasteiger partial charge in [0.05, 0.1) is 0 Å². The average Bonchev–Trinajstić information content (AvgIpc) is 2.08. The van der Waals surface area contributed by atoms with Gasteiger partial charge in [0.2, 0.25) is 0 Å². The third-order valence-corrected chi connectivity index (χ3v) is 3.38. The lowest BCUT2D eigenvalue weighted by Crippen LogP contribution is -2.13. The highest BCUT2D eigenvalue weighted by Gasteiger charge is 2.06. The van der Waals surface area contributed by atoms with Crippen LogP contribution in [0.25, 0.3) is 0 Å². The Morgan fingerprint density at radius 1 is 1.42 bits per heavy atom. The van der Waals surface area contributed by atoms with Gasteiger partial charge < -0.3 is 5.32 Å². The number of halogens is 1. The molecule has 0 saturated heterocycles. The maximum Gasteiger partial charge on any atom is 0.0292 e. The quantitative estimate of drug-likeness (QED) is 0.818. The molecule has 12 heavy (non-hydrogen) atoms. The Morgan fingerprint density at radius 3 is 2.67 bits per heavy atom. The van der Waals surface area contributed by atoms with Crippen molar-refractivity contribution in [2.75, 3.05) is 7.05 Å². The summed E-state index contributed by atoms with van der Waals surface area (Å²) in [4.78, 5) is 0. The summed E-state index contributed by atoms with van der Waals surface area (Å²) in [5.41, 5.74) is 2.78. The molecule has 0 aromatic heterocycles. The lowest BCUT2D eigenvalue weighted by Gasteiger charge is -2.14. The molecule has 0 aliphatic rings.